The number of hydrogen-bond donors (Lipinski definition) is 0. The molecule has 0 bridgehead atoms. The maximum Gasteiger partial charge on any atom is 0.310 e. The number of carbonyl (C=O) groups excluding carboxylic acids is 1. The standard InChI is InChI=1S/C13H22O2/c1-5-8-11(3)12(4)9-7-10-15-13(14)6-2/h7,9-11H,5-6,8H2,1-4H3/b10-7+,12-9+. The fourth-order valence-electron chi connectivity index (χ4n) is 1.21. The van der Waals surface area contributed by atoms with E-state index < -0.39 is 0 Å². The highest BCUT2D eigenvalue weighted by molar-refractivity contribution is 5.69. The zero-order valence-electron chi connectivity index (χ0n) is 10.2. The van der Waals surface area contributed by atoms with Crippen LogP contribution in [0.1, 0.15) is 47.0 Å². The molecule has 1 unspecified atom stereocenters. The summed E-state index contributed by atoms with van der Waals surface area (Å²) in [4.78, 5) is 10.8. The smallest absolute Gasteiger partial charge is 0.310 e. The molecule has 0 fully saturated rings. The molecule has 0 aliphatic heterocycles. The Balaban J connectivity index is 3.98. The normalized spacial score (nSPS) is 14.3. The third-order valence-corrected chi connectivity index (χ3v) is 2.42. The predicted molar refractivity (Wildman–Crippen MR) is 63.4 cm³/mol. The summed E-state index contributed by atoms with van der Waals surface area (Å²) < 4.78 is 4.82. The molecule has 2 heteroatoms. The third-order valence-electron chi connectivity index (χ3n) is 2.42. The van der Waals surface area contributed by atoms with Gasteiger partial charge in [-0.25, -0.2) is 0 Å². The van der Waals surface area contributed by atoms with Gasteiger partial charge in [0.25, 0.3) is 0 Å². The van der Waals surface area contributed by atoms with Crippen molar-refractivity contribution in [2.45, 2.75) is 47.0 Å². The van der Waals surface area contributed by atoms with E-state index in [9.17, 15) is 4.79 Å². The van der Waals surface area contributed by atoms with E-state index in [1.807, 2.05) is 6.08 Å². The molecule has 0 saturated carbocycles. The van der Waals surface area contributed by atoms with Crippen molar-refractivity contribution in [2.75, 3.05) is 0 Å². The summed E-state index contributed by atoms with van der Waals surface area (Å²) in [6.45, 7) is 8.27. The van der Waals surface area contributed by atoms with E-state index in [-0.39, 0.29) is 5.97 Å². The molecular formula is C13H22O2. The van der Waals surface area contributed by atoms with Crippen LogP contribution in [0, 0.1) is 5.92 Å². The highest BCUT2D eigenvalue weighted by Crippen LogP contribution is 2.15. The topological polar surface area (TPSA) is 26.3 Å². The first-order valence-electron chi connectivity index (χ1n) is 5.64. The lowest BCUT2D eigenvalue weighted by atomic mass is 9.97. The lowest BCUT2D eigenvalue weighted by molar-refractivity contribution is -0.137. The molecule has 0 saturated heterocycles. The summed E-state index contributed by atoms with van der Waals surface area (Å²) in [5, 5.41) is 0. The largest absolute Gasteiger partial charge is 0.434 e. The van der Waals surface area contributed by atoms with Crippen LogP contribution in [-0.4, -0.2) is 5.97 Å². The Morgan fingerprint density at radius 2 is 2.07 bits per heavy atom. The predicted octanol–water partition coefficient (Wildman–Crippen LogP) is 3.84. The zero-order valence-corrected chi connectivity index (χ0v) is 10.2. The SMILES string of the molecule is CCCC(C)/C(C)=C/C=C/OC(=O)CC. The van der Waals surface area contributed by atoms with Gasteiger partial charge >= 0.3 is 5.97 Å². The highest BCUT2D eigenvalue weighted by atomic mass is 16.5. The van der Waals surface area contributed by atoms with Crippen molar-refractivity contribution in [3.63, 3.8) is 0 Å². The second-order valence-corrected chi connectivity index (χ2v) is 3.77. The molecule has 0 N–H and O–H groups in total. The van der Waals surface area contributed by atoms with Crippen molar-refractivity contribution in [1.29, 1.82) is 0 Å². The van der Waals surface area contributed by atoms with Crippen molar-refractivity contribution in [3.8, 4) is 0 Å². The molecule has 0 spiro atoms. The van der Waals surface area contributed by atoms with Crippen molar-refractivity contribution >= 4 is 5.97 Å². The maximum atomic E-state index is 10.8. The molecular weight excluding hydrogens is 188 g/mol. The first-order valence-corrected chi connectivity index (χ1v) is 5.64. The Morgan fingerprint density at radius 1 is 1.40 bits per heavy atom. The molecule has 0 aromatic rings. The van der Waals surface area contributed by atoms with Crippen LogP contribution in [0.15, 0.2) is 24.0 Å². The van der Waals surface area contributed by atoms with Gasteiger partial charge in [-0.05, 0) is 25.3 Å². The third kappa shape index (κ3) is 6.95. The minimum Gasteiger partial charge on any atom is -0.434 e. The van der Waals surface area contributed by atoms with Gasteiger partial charge in [0, 0.05) is 6.42 Å². The Hall–Kier alpha value is -1.05. The van der Waals surface area contributed by atoms with Crippen LogP contribution in [0.4, 0.5) is 0 Å². The molecule has 0 aromatic heterocycles. The number of hydrogen-bond acceptors (Lipinski definition) is 2. The summed E-state index contributed by atoms with van der Waals surface area (Å²) in [6.07, 6.45) is 8.05. The van der Waals surface area contributed by atoms with Crippen molar-refractivity contribution < 1.29 is 9.53 Å². The van der Waals surface area contributed by atoms with Gasteiger partial charge in [0.1, 0.15) is 0 Å². The van der Waals surface area contributed by atoms with E-state index in [1.165, 1.54) is 24.7 Å². The van der Waals surface area contributed by atoms with Crippen molar-refractivity contribution in [2.24, 2.45) is 5.92 Å². The fraction of sp³-hybridized carbons (Fsp3) is 0.615. The monoisotopic (exact) mass is 210 g/mol. The van der Waals surface area contributed by atoms with Gasteiger partial charge in [0.2, 0.25) is 0 Å². The zero-order chi connectivity index (χ0) is 11.7. The molecule has 86 valence electrons. The van der Waals surface area contributed by atoms with Gasteiger partial charge in [-0.3, -0.25) is 4.79 Å². The average Bonchev–Trinajstić information content (AvgIpc) is 2.23. The summed E-state index contributed by atoms with van der Waals surface area (Å²) >= 11 is 0. The van der Waals surface area contributed by atoms with Crippen LogP contribution < -0.4 is 0 Å². The number of allylic oxidation sites excluding steroid dienone is 3. The lowest BCUT2D eigenvalue weighted by Crippen LogP contribution is -1.96. The highest BCUT2D eigenvalue weighted by Gasteiger charge is 2.00. The molecule has 0 aromatic carbocycles. The summed E-state index contributed by atoms with van der Waals surface area (Å²) in [5.41, 5.74) is 1.32. The summed E-state index contributed by atoms with van der Waals surface area (Å²) in [5.74, 6) is 0.403. The number of carbonyl (C=O) groups is 1. The number of ether oxygens (including phenoxy) is 1. The summed E-state index contributed by atoms with van der Waals surface area (Å²) in [6, 6.07) is 0. The second kappa shape index (κ2) is 8.27. The first-order chi connectivity index (χ1) is 7.11. The molecule has 0 aliphatic carbocycles. The number of esters is 1. The van der Waals surface area contributed by atoms with Crippen LogP contribution in [0.3, 0.4) is 0 Å². The molecule has 0 heterocycles. The van der Waals surface area contributed by atoms with E-state index in [1.54, 1.807) is 13.0 Å². The lowest BCUT2D eigenvalue weighted by Gasteiger charge is -2.09. The van der Waals surface area contributed by atoms with Gasteiger partial charge in [-0.2, -0.15) is 0 Å². The van der Waals surface area contributed by atoms with Crippen LogP contribution in [-0.2, 0) is 9.53 Å². The second-order valence-electron chi connectivity index (χ2n) is 3.77. The number of rotatable bonds is 6. The minimum absolute atomic E-state index is 0.195. The van der Waals surface area contributed by atoms with Crippen molar-refractivity contribution in [1.82, 2.24) is 0 Å². The Morgan fingerprint density at radius 3 is 2.60 bits per heavy atom. The van der Waals surface area contributed by atoms with Crippen LogP contribution in [0.25, 0.3) is 0 Å². The van der Waals surface area contributed by atoms with E-state index in [4.69, 9.17) is 4.74 Å². The van der Waals surface area contributed by atoms with E-state index in [0.717, 1.165) is 0 Å². The van der Waals surface area contributed by atoms with Crippen LogP contribution in [0.2, 0.25) is 0 Å². The molecule has 0 radical (unpaired) electrons. The summed E-state index contributed by atoms with van der Waals surface area (Å²) in [7, 11) is 0. The van der Waals surface area contributed by atoms with Crippen molar-refractivity contribution in [3.05, 3.63) is 24.0 Å². The molecule has 0 rings (SSSR count). The molecule has 0 aliphatic rings. The molecule has 2 nitrogen and oxygen atoms in total. The Bertz CT molecular complexity index is 239. The molecule has 15 heavy (non-hydrogen) atoms. The van der Waals surface area contributed by atoms with E-state index in [2.05, 4.69) is 20.8 Å². The van der Waals surface area contributed by atoms with Gasteiger partial charge < -0.3 is 4.74 Å². The minimum atomic E-state index is -0.195. The average molecular weight is 210 g/mol. The fourth-order valence-corrected chi connectivity index (χ4v) is 1.21. The van der Waals surface area contributed by atoms with Crippen LogP contribution in [0.5, 0.6) is 0 Å². The van der Waals surface area contributed by atoms with Gasteiger partial charge in [0.15, 0.2) is 0 Å². The van der Waals surface area contributed by atoms with Gasteiger partial charge in [0.05, 0.1) is 6.26 Å². The van der Waals surface area contributed by atoms with E-state index >= 15 is 0 Å². The van der Waals surface area contributed by atoms with Gasteiger partial charge in [-0.1, -0.05) is 38.8 Å². The van der Waals surface area contributed by atoms with Crippen LogP contribution >= 0.6 is 0 Å². The molecule has 0 amide bonds. The first kappa shape index (κ1) is 13.9. The van der Waals surface area contributed by atoms with E-state index in [0.29, 0.717) is 12.3 Å². The quantitative estimate of drug-likeness (QED) is 0.378. The Kier molecular flexibility index (Phi) is 7.69. The van der Waals surface area contributed by atoms with Gasteiger partial charge in [-0.15, -0.1) is 0 Å². The maximum absolute atomic E-state index is 10.8. The Labute approximate surface area is 93.0 Å². The molecule has 1 atom stereocenters.